The van der Waals surface area contributed by atoms with Crippen molar-refractivity contribution in [3.05, 3.63) is 12.2 Å². The minimum Gasteiger partial charge on any atom is -0.297 e. The smallest absolute Gasteiger partial charge is 0.0280 e. The van der Waals surface area contributed by atoms with E-state index in [0.29, 0.717) is 0 Å². The third-order valence-corrected chi connectivity index (χ3v) is 3.18. The summed E-state index contributed by atoms with van der Waals surface area (Å²) in [5, 5.41) is 0. The van der Waals surface area contributed by atoms with E-state index in [1.165, 1.54) is 19.3 Å². The Balaban J connectivity index is 2.16. The van der Waals surface area contributed by atoms with Crippen LogP contribution in [-0.4, -0.2) is 24.0 Å². The normalized spacial score (nSPS) is 44.4. The molecule has 0 aromatic carbocycles. The van der Waals surface area contributed by atoms with Crippen molar-refractivity contribution < 1.29 is 0 Å². The lowest BCUT2D eigenvalue weighted by atomic mass is 9.83. The second-order valence-electron chi connectivity index (χ2n) is 4.13. The molecule has 2 unspecified atom stereocenters. The van der Waals surface area contributed by atoms with Crippen LogP contribution in [-0.2, 0) is 0 Å². The van der Waals surface area contributed by atoms with Crippen molar-refractivity contribution in [2.75, 3.05) is 7.05 Å². The molecule has 0 amide bonds. The fourth-order valence-corrected chi connectivity index (χ4v) is 2.45. The monoisotopic (exact) mass is 151 g/mol. The van der Waals surface area contributed by atoms with Crippen molar-refractivity contribution in [1.82, 2.24) is 4.90 Å². The highest BCUT2D eigenvalue weighted by molar-refractivity contribution is 5.05. The molecule has 0 radical (unpaired) electrons. The highest BCUT2D eigenvalue weighted by Crippen LogP contribution is 2.31. The van der Waals surface area contributed by atoms with Crippen molar-refractivity contribution in [3.8, 4) is 0 Å². The number of fused-ring (bicyclic) bond motifs is 2. The summed E-state index contributed by atoms with van der Waals surface area (Å²) in [4.78, 5) is 2.54. The van der Waals surface area contributed by atoms with Gasteiger partial charge in [-0.05, 0) is 32.2 Å². The Bertz CT molecular complexity index is 174. The zero-order valence-electron chi connectivity index (χ0n) is 7.46. The van der Waals surface area contributed by atoms with E-state index in [-0.39, 0.29) is 0 Å². The molecule has 1 heteroatoms. The average molecular weight is 151 g/mol. The molecule has 1 saturated heterocycles. The van der Waals surface area contributed by atoms with Gasteiger partial charge in [0.05, 0.1) is 0 Å². The molecule has 0 aliphatic carbocycles. The molecule has 2 heterocycles. The van der Waals surface area contributed by atoms with Crippen LogP contribution < -0.4 is 0 Å². The molecule has 1 fully saturated rings. The Hall–Kier alpha value is -0.300. The van der Waals surface area contributed by atoms with Crippen LogP contribution in [0.25, 0.3) is 0 Å². The molecule has 11 heavy (non-hydrogen) atoms. The molecule has 62 valence electrons. The predicted molar refractivity (Wildman–Crippen MR) is 47.5 cm³/mol. The van der Waals surface area contributed by atoms with E-state index in [2.05, 4.69) is 31.0 Å². The van der Waals surface area contributed by atoms with Crippen LogP contribution in [0.3, 0.4) is 0 Å². The third kappa shape index (κ3) is 1.22. The van der Waals surface area contributed by atoms with E-state index in [9.17, 15) is 0 Å². The number of likely N-dealkylation sites (N-methyl/N-ethyl adjacent to an activating group) is 1. The first-order chi connectivity index (χ1) is 5.27. The quantitative estimate of drug-likeness (QED) is 0.479. The minimum atomic E-state index is 0.748. The highest BCUT2D eigenvalue weighted by atomic mass is 15.2. The maximum Gasteiger partial charge on any atom is 0.0280 e. The summed E-state index contributed by atoms with van der Waals surface area (Å²) < 4.78 is 0. The first-order valence-corrected chi connectivity index (χ1v) is 4.66. The average Bonchev–Trinajstić information content (AvgIpc) is 1.92. The second kappa shape index (κ2) is 2.63. The van der Waals surface area contributed by atoms with Crippen molar-refractivity contribution >= 4 is 0 Å². The van der Waals surface area contributed by atoms with Gasteiger partial charge >= 0.3 is 0 Å². The molecule has 0 aromatic rings. The van der Waals surface area contributed by atoms with Crippen LogP contribution in [0.2, 0.25) is 0 Å². The number of nitrogens with zero attached hydrogens (tertiary/aromatic N) is 1. The van der Waals surface area contributed by atoms with Gasteiger partial charge < -0.3 is 0 Å². The van der Waals surface area contributed by atoms with Gasteiger partial charge in [-0.2, -0.15) is 0 Å². The van der Waals surface area contributed by atoms with E-state index in [1.807, 2.05) is 0 Å². The molecule has 0 spiro atoms. The van der Waals surface area contributed by atoms with Crippen molar-refractivity contribution in [3.63, 3.8) is 0 Å². The van der Waals surface area contributed by atoms with E-state index in [0.717, 1.165) is 18.0 Å². The molecule has 2 aliphatic rings. The Morgan fingerprint density at radius 1 is 1.36 bits per heavy atom. The standard InChI is InChI=1S/C10H17N/c1-8-6-9-4-3-5-10(7-8)11(9)2/h3-4,8-10H,5-7H2,1-2H3/t8?,9-,10?/m1/s1. The van der Waals surface area contributed by atoms with Crippen LogP contribution in [0, 0.1) is 5.92 Å². The van der Waals surface area contributed by atoms with Crippen LogP contribution in [0.1, 0.15) is 26.2 Å². The first kappa shape index (κ1) is 7.35. The summed E-state index contributed by atoms with van der Waals surface area (Å²) in [6, 6.07) is 1.59. The van der Waals surface area contributed by atoms with Crippen LogP contribution in [0.5, 0.6) is 0 Å². The maximum atomic E-state index is 2.54. The van der Waals surface area contributed by atoms with Gasteiger partial charge in [0.1, 0.15) is 0 Å². The van der Waals surface area contributed by atoms with Gasteiger partial charge in [0.25, 0.3) is 0 Å². The summed E-state index contributed by atoms with van der Waals surface area (Å²) in [6.45, 7) is 2.38. The topological polar surface area (TPSA) is 3.24 Å². The Kier molecular flexibility index (Phi) is 1.76. The number of hydrogen-bond acceptors (Lipinski definition) is 1. The zero-order chi connectivity index (χ0) is 7.84. The molecule has 2 aliphatic heterocycles. The van der Waals surface area contributed by atoms with Crippen LogP contribution in [0.4, 0.5) is 0 Å². The SMILES string of the molecule is CC1CC2CC=C[C@H](C1)N2C. The molecule has 0 saturated carbocycles. The molecular formula is C10H17N. The molecule has 2 rings (SSSR count). The predicted octanol–water partition coefficient (Wildman–Crippen LogP) is 2.05. The molecule has 0 aromatic heterocycles. The first-order valence-electron chi connectivity index (χ1n) is 4.66. The minimum absolute atomic E-state index is 0.748. The number of hydrogen-bond donors (Lipinski definition) is 0. The van der Waals surface area contributed by atoms with Crippen molar-refractivity contribution in [2.24, 2.45) is 5.92 Å². The second-order valence-corrected chi connectivity index (χ2v) is 4.13. The largest absolute Gasteiger partial charge is 0.297 e. The lowest BCUT2D eigenvalue weighted by Crippen LogP contribution is -2.47. The molecular weight excluding hydrogens is 134 g/mol. The molecule has 2 bridgehead atoms. The van der Waals surface area contributed by atoms with Crippen LogP contribution >= 0.6 is 0 Å². The van der Waals surface area contributed by atoms with Gasteiger partial charge in [-0.25, -0.2) is 0 Å². The summed E-state index contributed by atoms with van der Waals surface area (Å²) >= 11 is 0. The number of piperidine rings is 1. The Labute approximate surface area is 69.1 Å². The third-order valence-electron chi connectivity index (χ3n) is 3.18. The van der Waals surface area contributed by atoms with Gasteiger partial charge in [0, 0.05) is 12.1 Å². The Morgan fingerprint density at radius 3 is 2.91 bits per heavy atom. The molecule has 1 nitrogen and oxygen atoms in total. The Morgan fingerprint density at radius 2 is 2.18 bits per heavy atom. The van der Waals surface area contributed by atoms with Crippen molar-refractivity contribution in [2.45, 2.75) is 38.3 Å². The maximum absolute atomic E-state index is 2.54. The number of rotatable bonds is 0. The van der Waals surface area contributed by atoms with Gasteiger partial charge in [0.2, 0.25) is 0 Å². The summed E-state index contributed by atoms with van der Waals surface area (Å²) in [7, 11) is 2.27. The fraction of sp³-hybridized carbons (Fsp3) is 0.800. The fourth-order valence-electron chi connectivity index (χ4n) is 2.45. The van der Waals surface area contributed by atoms with Crippen LogP contribution in [0.15, 0.2) is 12.2 Å². The van der Waals surface area contributed by atoms with E-state index in [4.69, 9.17) is 0 Å². The van der Waals surface area contributed by atoms with Crippen molar-refractivity contribution in [1.29, 1.82) is 0 Å². The summed E-state index contributed by atoms with van der Waals surface area (Å²) in [5.74, 6) is 0.936. The summed E-state index contributed by atoms with van der Waals surface area (Å²) in [6.07, 6.45) is 8.78. The van der Waals surface area contributed by atoms with Gasteiger partial charge in [0.15, 0.2) is 0 Å². The van der Waals surface area contributed by atoms with Gasteiger partial charge in [-0.15, -0.1) is 0 Å². The lowest BCUT2D eigenvalue weighted by molar-refractivity contribution is 0.102. The van der Waals surface area contributed by atoms with E-state index < -0.39 is 0 Å². The van der Waals surface area contributed by atoms with Gasteiger partial charge in [-0.3, -0.25) is 4.90 Å². The van der Waals surface area contributed by atoms with E-state index in [1.54, 1.807) is 0 Å². The zero-order valence-corrected chi connectivity index (χ0v) is 7.46. The lowest BCUT2D eigenvalue weighted by Gasteiger charge is -2.43. The summed E-state index contributed by atoms with van der Waals surface area (Å²) in [5.41, 5.74) is 0. The molecule has 3 atom stereocenters. The van der Waals surface area contributed by atoms with E-state index >= 15 is 0 Å². The van der Waals surface area contributed by atoms with Gasteiger partial charge in [-0.1, -0.05) is 19.1 Å². The molecule has 0 N–H and O–H groups in total. The highest BCUT2D eigenvalue weighted by Gasteiger charge is 2.31.